The summed E-state index contributed by atoms with van der Waals surface area (Å²) < 4.78 is 39.1. The second kappa shape index (κ2) is 8.14. The van der Waals surface area contributed by atoms with Crippen LogP contribution in [0.2, 0.25) is 0 Å². The van der Waals surface area contributed by atoms with E-state index in [-0.39, 0.29) is 13.0 Å². The quantitative estimate of drug-likeness (QED) is 0.286. The number of likely N-dealkylation sites (tertiary alicyclic amines) is 1. The summed E-state index contributed by atoms with van der Waals surface area (Å²) in [7, 11) is -2.84. The Morgan fingerprint density at radius 1 is 1.38 bits per heavy atom. The lowest BCUT2D eigenvalue weighted by molar-refractivity contribution is -0.149. The third-order valence-electron chi connectivity index (χ3n) is 4.07. The fourth-order valence-corrected chi connectivity index (χ4v) is 3.77. The number of halogens is 1. The van der Waals surface area contributed by atoms with Crippen LogP contribution in [0.3, 0.4) is 0 Å². The van der Waals surface area contributed by atoms with Gasteiger partial charge in [0.25, 0.3) is 10.1 Å². The number of carbonyl (C=O) groups excluding carboxylic acids is 2. The number of hydrogen-bond donors (Lipinski definition) is 0. The van der Waals surface area contributed by atoms with Crippen LogP contribution in [-0.2, 0) is 28.6 Å². The molecule has 1 fully saturated rings. The van der Waals surface area contributed by atoms with E-state index in [0.29, 0.717) is 0 Å². The Balaban J connectivity index is 3.35. The Morgan fingerprint density at radius 3 is 2.38 bits per heavy atom. The van der Waals surface area contributed by atoms with Crippen molar-refractivity contribution in [3.8, 4) is 0 Å². The molecule has 0 N–H and O–H groups in total. The van der Waals surface area contributed by atoms with Gasteiger partial charge >= 0.3 is 12.1 Å². The Labute approximate surface area is 159 Å². The summed E-state index contributed by atoms with van der Waals surface area (Å²) in [6, 6.07) is -1.10. The molecule has 8 nitrogen and oxygen atoms in total. The van der Waals surface area contributed by atoms with E-state index in [1.165, 1.54) is 13.2 Å². The van der Waals surface area contributed by atoms with Crippen LogP contribution in [0.4, 0.5) is 4.79 Å². The number of esters is 1. The number of methoxy groups -OCH3 is 1. The average molecular weight is 412 g/mol. The molecule has 0 unspecified atom stereocenters. The van der Waals surface area contributed by atoms with Crippen molar-refractivity contribution in [3.05, 3.63) is 12.7 Å². The number of allylic oxidation sites excluding steroid dienone is 1. The van der Waals surface area contributed by atoms with Gasteiger partial charge < -0.3 is 9.47 Å². The number of ether oxygens (including phenoxy) is 2. The second-order valence-electron chi connectivity index (χ2n) is 7.31. The highest BCUT2D eigenvalue weighted by Crippen LogP contribution is 2.43. The van der Waals surface area contributed by atoms with Crippen LogP contribution in [0.15, 0.2) is 12.7 Å². The van der Waals surface area contributed by atoms with E-state index < -0.39 is 50.6 Å². The molecule has 1 rings (SSSR count). The molecule has 0 aromatic carbocycles. The van der Waals surface area contributed by atoms with E-state index in [9.17, 15) is 18.0 Å². The molecule has 0 radical (unpaired) electrons. The first-order valence-electron chi connectivity index (χ1n) is 7.96. The highest BCUT2D eigenvalue weighted by atomic mass is 35.5. The van der Waals surface area contributed by atoms with Crippen molar-refractivity contribution < 1.29 is 31.7 Å². The van der Waals surface area contributed by atoms with E-state index in [2.05, 4.69) is 6.58 Å². The molecule has 10 heteroatoms. The number of alkyl halides is 1. The molecule has 0 aromatic rings. The van der Waals surface area contributed by atoms with Crippen LogP contribution in [0.1, 0.15) is 34.1 Å². The first-order valence-corrected chi connectivity index (χ1v) is 10.1. The molecular formula is C16H26ClNO7S. The van der Waals surface area contributed by atoms with Gasteiger partial charge in [0.15, 0.2) is 0 Å². The maximum absolute atomic E-state index is 12.6. The van der Waals surface area contributed by atoms with Gasteiger partial charge in [-0.15, -0.1) is 18.2 Å². The fraction of sp³-hybridized carbons (Fsp3) is 0.750. The number of carbonyl (C=O) groups is 2. The highest BCUT2D eigenvalue weighted by Gasteiger charge is 2.58. The first-order chi connectivity index (χ1) is 11.8. The van der Waals surface area contributed by atoms with Gasteiger partial charge in [-0.05, 0) is 27.2 Å². The minimum absolute atomic E-state index is 0.171. The summed E-state index contributed by atoms with van der Waals surface area (Å²) >= 11 is 5.42. The van der Waals surface area contributed by atoms with Crippen molar-refractivity contribution in [3.63, 3.8) is 0 Å². The van der Waals surface area contributed by atoms with Crippen molar-refractivity contribution >= 4 is 33.8 Å². The van der Waals surface area contributed by atoms with Crippen LogP contribution in [0.5, 0.6) is 0 Å². The third-order valence-corrected chi connectivity index (χ3v) is 5.66. The smallest absolute Gasteiger partial charge is 0.411 e. The largest absolute Gasteiger partial charge is 0.467 e. The molecule has 0 aromatic heterocycles. The zero-order valence-electron chi connectivity index (χ0n) is 15.7. The van der Waals surface area contributed by atoms with Crippen molar-refractivity contribution in [1.29, 1.82) is 0 Å². The molecule has 26 heavy (non-hydrogen) atoms. The number of rotatable bonds is 6. The van der Waals surface area contributed by atoms with Gasteiger partial charge in [0.05, 0.1) is 13.7 Å². The van der Waals surface area contributed by atoms with Gasteiger partial charge in [-0.1, -0.05) is 13.0 Å². The Bertz CT molecular complexity index is 658. The van der Waals surface area contributed by atoms with Crippen molar-refractivity contribution in [1.82, 2.24) is 4.90 Å². The van der Waals surface area contributed by atoms with E-state index in [0.717, 1.165) is 4.90 Å². The molecule has 3 atom stereocenters. The molecule has 1 saturated heterocycles. The summed E-state index contributed by atoms with van der Waals surface area (Å²) in [5.41, 5.74) is -1.89. The van der Waals surface area contributed by atoms with Crippen LogP contribution in [0, 0.1) is 5.41 Å². The van der Waals surface area contributed by atoms with Gasteiger partial charge in [0.1, 0.15) is 23.0 Å². The third kappa shape index (κ3) is 5.11. The monoisotopic (exact) mass is 411 g/mol. The number of hydrogen-bond acceptors (Lipinski definition) is 7. The normalized spacial score (nSPS) is 26.5. The van der Waals surface area contributed by atoms with Gasteiger partial charge in [-0.2, -0.15) is 8.42 Å². The molecule has 1 aliphatic rings. The molecule has 0 saturated carbocycles. The van der Waals surface area contributed by atoms with E-state index >= 15 is 0 Å². The van der Waals surface area contributed by atoms with Crippen LogP contribution in [-0.4, -0.2) is 62.0 Å². The first kappa shape index (κ1) is 22.7. The lowest BCUT2D eigenvalue weighted by atomic mass is 9.77. The SMILES string of the molecule is C=CC[C@]1(C)[C@H](OS(=O)(=O)CCl)CN(C(=O)OC(C)(C)C)[C@@H]1C(=O)OC. The maximum Gasteiger partial charge on any atom is 0.411 e. The molecule has 0 bridgehead atoms. The molecule has 0 aliphatic carbocycles. The van der Waals surface area contributed by atoms with Crippen LogP contribution >= 0.6 is 11.6 Å². The summed E-state index contributed by atoms with van der Waals surface area (Å²) in [5.74, 6) is -0.699. The molecule has 150 valence electrons. The van der Waals surface area contributed by atoms with E-state index in [1.807, 2.05) is 0 Å². The van der Waals surface area contributed by atoms with Crippen molar-refractivity contribution in [2.75, 3.05) is 18.9 Å². The predicted molar refractivity (Wildman–Crippen MR) is 96.2 cm³/mol. The van der Waals surface area contributed by atoms with Gasteiger partial charge in [0.2, 0.25) is 0 Å². The molecular weight excluding hydrogens is 386 g/mol. The minimum atomic E-state index is -4.03. The Morgan fingerprint density at radius 2 is 1.96 bits per heavy atom. The molecule has 1 amide bonds. The standard InChI is InChI=1S/C16H26ClNO7S/c1-7-8-16(5)11(25-26(21,22)10-17)9-18(12(16)13(19)23-6)14(20)24-15(2,3)4/h7,11-12H,1,8-10H2,2-6H3/t11-,12-,16-/m1/s1. The zero-order chi connectivity index (χ0) is 20.3. The van der Waals surface area contributed by atoms with Gasteiger partial charge in [-0.3, -0.25) is 9.08 Å². The number of nitrogens with zero attached hydrogens (tertiary/aromatic N) is 1. The summed E-state index contributed by atoms with van der Waals surface area (Å²) in [6.07, 6.45) is -0.0503. The Hall–Kier alpha value is -1.32. The molecule has 0 spiro atoms. The van der Waals surface area contributed by atoms with E-state index in [1.54, 1.807) is 27.7 Å². The number of amides is 1. The van der Waals surface area contributed by atoms with Gasteiger partial charge in [-0.25, -0.2) is 9.59 Å². The van der Waals surface area contributed by atoms with Crippen LogP contribution in [0.25, 0.3) is 0 Å². The zero-order valence-corrected chi connectivity index (χ0v) is 17.2. The maximum atomic E-state index is 12.6. The van der Waals surface area contributed by atoms with E-state index in [4.69, 9.17) is 25.3 Å². The Kier molecular flexibility index (Phi) is 7.11. The molecule has 1 aliphatic heterocycles. The van der Waals surface area contributed by atoms with Crippen LogP contribution < -0.4 is 0 Å². The van der Waals surface area contributed by atoms with Crippen molar-refractivity contribution in [2.24, 2.45) is 5.41 Å². The van der Waals surface area contributed by atoms with Crippen molar-refractivity contribution in [2.45, 2.75) is 51.9 Å². The summed E-state index contributed by atoms with van der Waals surface area (Å²) in [6.45, 7) is 10.2. The lowest BCUT2D eigenvalue weighted by Gasteiger charge is -2.34. The predicted octanol–water partition coefficient (Wildman–Crippen LogP) is 2.27. The van der Waals surface area contributed by atoms with Gasteiger partial charge in [0, 0.05) is 5.41 Å². The average Bonchev–Trinajstić information content (AvgIpc) is 2.78. The summed E-state index contributed by atoms with van der Waals surface area (Å²) in [5, 5.41) is -0.747. The lowest BCUT2D eigenvalue weighted by Crippen LogP contribution is -2.50. The second-order valence-corrected chi connectivity index (χ2v) is 9.49. The minimum Gasteiger partial charge on any atom is -0.467 e. The fourth-order valence-electron chi connectivity index (χ4n) is 2.93. The highest BCUT2D eigenvalue weighted by molar-refractivity contribution is 7.87. The molecule has 1 heterocycles. The summed E-state index contributed by atoms with van der Waals surface area (Å²) in [4.78, 5) is 26.2. The topological polar surface area (TPSA) is 99.2 Å².